The van der Waals surface area contributed by atoms with E-state index in [4.69, 9.17) is 0 Å². The Balaban J connectivity index is 1.54. The minimum Gasteiger partial charge on any atom is -0.325 e. The number of nitrogens with one attached hydrogen (secondary N) is 1. The van der Waals surface area contributed by atoms with Crippen LogP contribution in [0.2, 0.25) is 0 Å². The van der Waals surface area contributed by atoms with Gasteiger partial charge in [-0.3, -0.25) is 4.79 Å². The molecule has 1 aliphatic heterocycles. The van der Waals surface area contributed by atoms with Gasteiger partial charge in [-0.15, -0.1) is 0 Å². The Morgan fingerprint density at radius 3 is 2.40 bits per heavy atom. The standard InChI is InChI=1S/C24H26N2O3S/c1-17-7-5-8-18(2)23(17)25-24(27)21-11-6-14-26(16-21)30(28,29)22-13-12-19-9-3-4-10-20(19)15-22/h3-5,7-10,12-13,15,21H,6,11,14,16H2,1-2H3,(H,25,27). The van der Waals surface area contributed by atoms with Crippen LogP contribution in [-0.4, -0.2) is 31.7 Å². The number of fused-ring (bicyclic) bond motifs is 1. The van der Waals surface area contributed by atoms with Crippen LogP contribution in [0.5, 0.6) is 0 Å². The van der Waals surface area contributed by atoms with Crippen LogP contribution < -0.4 is 5.32 Å². The maximum absolute atomic E-state index is 13.3. The number of amides is 1. The number of carbonyl (C=O) groups excluding carboxylic acids is 1. The molecule has 1 unspecified atom stereocenters. The number of carbonyl (C=O) groups is 1. The summed E-state index contributed by atoms with van der Waals surface area (Å²) in [6.45, 7) is 4.55. The predicted octanol–water partition coefficient (Wildman–Crippen LogP) is 4.50. The molecule has 0 aliphatic carbocycles. The quantitative estimate of drug-likeness (QED) is 0.673. The molecule has 156 valence electrons. The molecule has 0 aromatic heterocycles. The molecule has 1 heterocycles. The Morgan fingerprint density at radius 2 is 1.67 bits per heavy atom. The summed E-state index contributed by atoms with van der Waals surface area (Å²) in [6, 6.07) is 18.8. The normalized spacial score (nSPS) is 17.7. The van der Waals surface area contributed by atoms with E-state index in [2.05, 4.69) is 5.32 Å². The number of aryl methyl sites for hydroxylation is 2. The topological polar surface area (TPSA) is 66.5 Å². The van der Waals surface area contributed by atoms with Gasteiger partial charge in [0.25, 0.3) is 0 Å². The van der Waals surface area contributed by atoms with Crippen molar-refractivity contribution in [2.45, 2.75) is 31.6 Å². The van der Waals surface area contributed by atoms with Gasteiger partial charge in [0, 0.05) is 18.8 Å². The first-order chi connectivity index (χ1) is 14.4. The molecule has 30 heavy (non-hydrogen) atoms. The molecule has 1 aliphatic rings. The lowest BCUT2D eigenvalue weighted by Gasteiger charge is -2.31. The first-order valence-electron chi connectivity index (χ1n) is 10.2. The number of hydrogen-bond acceptors (Lipinski definition) is 3. The SMILES string of the molecule is Cc1cccc(C)c1NC(=O)C1CCCN(S(=O)(=O)c2ccc3ccccc3c2)C1. The molecule has 1 saturated heterocycles. The van der Waals surface area contributed by atoms with E-state index in [0.29, 0.717) is 19.4 Å². The van der Waals surface area contributed by atoms with E-state index >= 15 is 0 Å². The number of hydrogen-bond donors (Lipinski definition) is 1. The summed E-state index contributed by atoms with van der Waals surface area (Å²) in [7, 11) is -3.66. The third-order valence-electron chi connectivity index (χ3n) is 5.84. The number of anilines is 1. The van der Waals surface area contributed by atoms with Gasteiger partial charge in [0.2, 0.25) is 15.9 Å². The van der Waals surface area contributed by atoms with Crippen molar-refractivity contribution >= 4 is 32.4 Å². The zero-order chi connectivity index (χ0) is 21.3. The third-order valence-corrected chi connectivity index (χ3v) is 7.70. The van der Waals surface area contributed by atoms with Crippen LogP contribution in [0.3, 0.4) is 0 Å². The summed E-state index contributed by atoms with van der Waals surface area (Å²) < 4.78 is 28.0. The maximum Gasteiger partial charge on any atom is 0.243 e. The Morgan fingerprint density at radius 1 is 0.967 bits per heavy atom. The molecule has 6 heteroatoms. The highest BCUT2D eigenvalue weighted by Crippen LogP contribution is 2.28. The van der Waals surface area contributed by atoms with Crippen LogP contribution in [0.4, 0.5) is 5.69 Å². The van der Waals surface area contributed by atoms with Crippen molar-refractivity contribution in [2.75, 3.05) is 18.4 Å². The van der Waals surface area contributed by atoms with Gasteiger partial charge in [-0.25, -0.2) is 8.42 Å². The summed E-state index contributed by atoms with van der Waals surface area (Å²) in [5.41, 5.74) is 2.82. The molecular formula is C24H26N2O3S. The molecule has 1 amide bonds. The van der Waals surface area contributed by atoms with E-state index < -0.39 is 10.0 Å². The van der Waals surface area contributed by atoms with Gasteiger partial charge in [0.1, 0.15) is 0 Å². The van der Waals surface area contributed by atoms with Crippen LogP contribution >= 0.6 is 0 Å². The smallest absolute Gasteiger partial charge is 0.243 e. The van der Waals surface area contributed by atoms with Crippen LogP contribution in [0.1, 0.15) is 24.0 Å². The number of piperidine rings is 1. The second kappa shape index (κ2) is 8.20. The summed E-state index contributed by atoms with van der Waals surface area (Å²) in [4.78, 5) is 13.2. The summed E-state index contributed by atoms with van der Waals surface area (Å²) in [5.74, 6) is -0.487. The zero-order valence-corrected chi connectivity index (χ0v) is 18.1. The number of benzene rings is 3. The van der Waals surface area contributed by atoms with Crippen LogP contribution in [0, 0.1) is 19.8 Å². The number of sulfonamides is 1. The Labute approximate surface area is 177 Å². The molecule has 5 nitrogen and oxygen atoms in total. The lowest BCUT2D eigenvalue weighted by atomic mass is 9.98. The number of para-hydroxylation sites is 1. The van der Waals surface area contributed by atoms with Gasteiger partial charge < -0.3 is 5.32 Å². The fourth-order valence-corrected chi connectivity index (χ4v) is 5.65. The highest BCUT2D eigenvalue weighted by molar-refractivity contribution is 7.89. The summed E-state index contributed by atoms with van der Waals surface area (Å²) in [6.07, 6.45) is 1.35. The van der Waals surface area contributed by atoms with E-state index in [9.17, 15) is 13.2 Å². The van der Waals surface area contributed by atoms with E-state index in [-0.39, 0.29) is 23.3 Å². The van der Waals surface area contributed by atoms with Crippen LogP contribution in [-0.2, 0) is 14.8 Å². The fourth-order valence-electron chi connectivity index (χ4n) is 4.09. The minimum atomic E-state index is -3.66. The van der Waals surface area contributed by atoms with Crippen LogP contribution in [0.25, 0.3) is 10.8 Å². The first kappa shape index (κ1) is 20.6. The minimum absolute atomic E-state index is 0.120. The molecular weight excluding hydrogens is 396 g/mol. The molecule has 3 aromatic rings. The van der Waals surface area contributed by atoms with Crippen molar-refractivity contribution in [1.82, 2.24) is 4.31 Å². The largest absolute Gasteiger partial charge is 0.325 e. The van der Waals surface area contributed by atoms with Gasteiger partial charge >= 0.3 is 0 Å². The summed E-state index contributed by atoms with van der Waals surface area (Å²) >= 11 is 0. The number of rotatable bonds is 4. The first-order valence-corrected chi connectivity index (χ1v) is 11.7. The van der Waals surface area contributed by atoms with E-state index in [1.807, 2.05) is 62.4 Å². The van der Waals surface area contributed by atoms with Crippen molar-refractivity contribution in [3.8, 4) is 0 Å². The second-order valence-electron chi connectivity index (χ2n) is 7.97. The Bertz CT molecular complexity index is 1180. The van der Waals surface area contributed by atoms with E-state index in [0.717, 1.165) is 27.6 Å². The predicted molar refractivity (Wildman–Crippen MR) is 120 cm³/mol. The van der Waals surface area contributed by atoms with Crippen molar-refractivity contribution in [3.63, 3.8) is 0 Å². The number of nitrogens with zero attached hydrogens (tertiary/aromatic N) is 1. The third kappa shape index (κ3) is 3.98. The van der Waals surface area contributed by atoms with E-state index in [1.54, 1.807) is 12.1 Å². The van der Waals surface area contributed by atoms with Crippen LogP contribution in [0.15, 0.2) is 65.6 Å². The Hall–Kier alpha value is -2.70. The average Bonchev–Trinajstić information content (AvgIpc) is 2.76. The van der Waals surface area contributed by atoms with Crippen molar-refractivity contribution in [2.24, 2.45) is 5.92 Å². The molecule has 1 N–H and O–H groups in total. The molecule has 0 bridgehead atoms. The van der Waals surface area contributed by atoms with Crippen molar-refractivity contribution in [1.29, 1.82) is 0 Å². The van der Waals surface area contributed by atoms with Gasteiger partial charge in [0.15, 0.2) is 0 Å². The molecule has 1 atom stereocenters. The van der Waals surface area contributed by atoms with Gasteiger partial charge in [-0.05, 0) is 60.7 Å². The maximum atomic E-state index is 13.3. The molecule has 3 aromatic carbocycles. The molecule has 0 radical (unpaired) electrons. The van der Waals surface area contributed by atoms with E-state index in [1.165, 1.54) is 4.31 Å². The Kier molecular flexibility index (Phi) is 5.62. The molecule has 0 spiro atoms. The fraction of sp³-hybridized carbons (Fsp3) is 0.292. The summed E-state index contributed by atoms with van der Waals surface area (Å²) in [5, 5.41) is 4.91. The lowest BCUT2D eigenvalue weighted by molar-refractivity contribution is -0.120. The molecule has 1 fully saturated rings. The van der Waals surface area contributed by atoms with Crippen molar-refractivity contribution in [3.05, 3.63) is 71.8 Å². The average molecular weight is 423 g/mol. The molecule has 0 saturated carbocycles. The van der Waals surface area contributed by atoms with Gasteiger partial charge in [-0.2, -0.15) is 4.31 Å². The second-order valence-corrected chi connectivity index (χ2v) is 9.91. The highest BCUT2D eigenvalue weighted by Gasteiger charge is 2.33. The van der Waals surface area contributed by atoms with Crippen molar-refractivity contribution < 1.29 is 13.2 Å². The monoisotopic (exact) mass is 422 g/mol. The van der Waals surface area contributed by atoms with Gasteiger partial charge in [0.05, 0.1) is 10.8 Å². The molecule has 4 rings (SSSR count). The lowest BCUT2D eigenvalue weighted by Crippen LogP contribution is -2.43. The highest BCUT2D eigenvalue weighted by atomic mass is 32.2. The zero-order valence-electron chi connectivity index (χ0n) is 17.3. The van der Waals surface area contributed by atoms with Gasteiger partial charge in [-0.1, -0.05) is 48.5 Å².